The van der Waals surface area contributed by atoms with Gasteiger partial charge in [-0.3, -0.25) is 4.79 Å². The highest BCUT2D eigenvalue weighted by atomic mass is 32.2. The maximum absolute atomic E-state index is 12.8. The molecular formula is C24H32N2O7S. The second-order valence-corrected chi connectivity index (χ2v) is 9.80. The molecule has 10 heteroatoms. The molecule has 0 N–H and O–H groups in total. The van der Waals surface area contributed by atoms with E-state index in [4.69, 9.17) is 14.2 Å². The Balaban J connectivity index is 0.000000739. The number of hydrogen-bond donors (Lipinski definition) is 0. The average molecular weight is 493 g/mol. The molecular weight excluding hydrogens is 460 g/mol. The van der Waals surface area contributed by atoms with E-state index in [0.717, 1.165) is 12.0 Å². The maximum Gasteiger partial charge on any atom is 0.338 e. The summed E-state index contributed by atoms with van der Waals surface area (Å²) >= 11 is 0. The molecule has 0 bridgehead atoms. The number of esters is 1. The van der Waals surface area contributed by atoms with Gasteiger partial charge < -0.3 is 19.1 Å². The van der Waals surface area contributed by atoms with E-state index < -0.39 is 16.0 Å². The van der Waals surface area contributed by atoms with Gasteiger partial charge in [-0.1, -0.05) is 23.8 Å². The van der Waals surface area contributed by atoms with Crippen molar-refractivity contribution in [2.75, 3.05) is 53.6 Å². The number of benzene rings is 2. The van der Waals surface area contributed by atoms with Crippen LogP contribution >= 0.6 is 0 Å². The number of ether oxygens (including phenoxy) is 3. The monoisotopic (exact) mass is 492 g/mol. The SMILES string of the molecule is CN(C)C=O.Cc1ccc(OCCOC(=O)c2cc(S(=O)(=O)N3CCOCC3)ccc2C)cc1. The molecule has 0 aromatic heterocycles. The summed E-state index contributed by atoms with van der Waals surface area (Å²) in [6.45, 7) is 5.32. The Morgan fingerprint density at radius 1 is 1.06 bits per heavy atom. The molecule has 1 fully saturated rings. The number of nitrogens with zero attached hydrogens (tertiary/aromatic N) is 2. The van der Waals surface area contributed by atoms with Crippen LogP contribution in [0.2, 0.25) is 0 Å². The van der Waals surface area contributed by atoms with E-state index in [1.807, 2.05) is 31.2 Å². The molecule has 34 heavy (non-hydrogen) atoms. The van der Waals surface area contributed by atoms with Gasteiger partial charge in [-0.15, -0.1) is 0 Å². The van der Waals surface area contributed by atoms with Gasteiger partial charge in [0.25, 0.3) is 0 Å². The number of carbonyl (C=O) groups is 2. The summed E-state index contributed by atoms with van der Waals surface area (Å²) in [4.78, 5) is 23.4. The van der Waals surface area contributed by atoms with E-state index in [9.17, 15) is 18.0 Å². The molecule has 2 aromatic rings. The number of hydrogen-bond acceptors (Lipinski definition) is 7. The van der Waals surface area contributed by atoms with E-state index >= 15 is 0 Å². The van der Waals surface area contributed by atoms with Crippen LogP contribution < -0.4 is 4.74 Å². The van der Waals surface area contributed by atoms with Gasteiger partial charge in [0.05, 0.1) is 23.7 Å². The normalized spacial score (nSPS) is 13.9. The fourth-order valence-electron chi connectivity index (χ4n) is 2.92. The second-order valence-electron chi connectivity index (χ2n) is 7.86. The molecule has 1 aliphatic heterocycles. The summed E-state index contributed by atoms with van der Waals surface area (Å²) in [7, 11) is -0.304. The van der Waals surface area contributed by atoms with Crippen LogP contribution in [0.4, 0.5) is 0 Å². The van der Waals surface area contributed by atoms with Gasteiger partial charge in [0.1, 0.15) is 19.0 Å². The zero-order valence-corrected chi connectivity index (χ0v) is 20.8. The first-order chi connectivity index (χ1) is 16.1. The molecule has 1 saturated heterocycles. The van der Waals surface area contributed by atoms with Gasteiger partial charge in [0.15, 0.2) is 0 Å². The largest absolute Gasteiger partial charge is 0.490 e. The Morgan fingerprint density at radius 3 is 2.26 bits per heavy atom. The van der Waals surface area contributed by atoms with E-state index in [2.05, 4.69) is 0 Å². The summed E-state index contributed by atoms with van der Waals surface area (Å²) < 4.78 is 43.0. The molecule has 0 spiro atoms. The first-order valence-corrected chi connectivity index (χ1v) is 12.3. The van der Waals surface area contributed by atoms with Crippen LogP contribution in [0.3, 0.4) is 0 Å². The highest BCUT2D eigenvalue weighted by Crippen LogP contribution is 2.21. The van der Waals surface area contributed by atoms with Crippen molar-refractivity contribution >= 4 is 22.4 Å². The molecule has 1 heterocycles. The molecule has 2 aromatic carbocycles. The molecule has 1 amide bonds. The Bertz CT molecular complexity index is 1050. The van der Waals surface area contributed by atoms with Crippen LogP contribution in [0.25, 0.3) is 0 Å². The number of aryl methyl sites for hydroxylation is 2. The van der Waals surface area contributed by atoms with Gasteiger partial charge in [0, 0.05) is 27.2 Å². The lowest BCUT2D eigenvalue weighted by molar-refractivity contribution is -0.115. The lowest BCUT2D eigenvalue weighted by Gasteiger charge is -2.26. The fourth-order valence-corrected chi connectivity index (χ4v) is 4.36. The second kappa shape index (κ2) is 13.1. The zero-order valence-electron chi connectivity index (χ0n) is 20.0. The number of carbonyl (C=O) groups excluding carboxylic acids is 2. The van der Waals surface area contributed by atoms with Gasteiger partial charge >= 0.3 is 5.97 Å². The minimum absolute atomic E-state index is 0.0621. The summed E-state index contributed by atoms with van der Waals surface area (Å²) in [5.41, 5.74) is 2.01. The molecule has 0 unspecified atom stereocenters. The molecule has 9 nitrogen and oxygen atoms in total. The van der Waals surface area contributed by atoms with Crippen LogP contribution in [-0.2, 0) is 24.3 Å². The van der Waals surface area contributed by atoms with Crippen LogP contribution in [-0.4, -0.2) is 83.6 Å². The van der Waals surface area contributed by atoms with Crippen molar-refractivity contribution in [2.24, 2.45) is 0 Å². The molecule has 1 aliphatic rings. The Labute approximate surface area is 201 Å². The Hall–Kier alpha value is -2.95. The molecule has 186 valence electrons. The van der Waals surface area contributed by atoms with Crippen molar-refractivity contribution in [3.05, 3.63) is 59.2 Å². The number of rotatable bonds is 8. The highest BCUT2D eigenvalue weighted by molar-refractivity contribution is 7.89. The lowest BCUT2D eigenvalue weighted by atomic mass is 10.1. The third-order valence-corrected chi connectivity index (χ3v) is 6.75. The Kier molecular flexibility index (Phi) is 10.5. The predicted molar refractivity (Wildman–Crippen MR) is 127 cm³/mol. The van der Waals surface area contributed by atoms with Crippen LogP contribution in [0.15, 0.2) is 47.4 Å². The number of amides is 1. The molecule has 0 radical (unpaired) electrons. The maximum atomic E-state index is 12.8. The van der Waals surface area contributed by atoms with E-state index in [1.165, 1.54) is 21.3 Å². The first kappa shape index (κ1) is 27.3. The van der Waals surface area contributed by atoms with Crippen LogP contribution in [0.1, 0.15) is 21.5 Å². The van der Waals surface area contributed by atoms with Crippen molar-refractivity contribution < 1.29 is 32.2 Å². The highest BCUT2D eigenvalue weighted by Gasteiger charge is 2.27. The van der Waals surface area contributed by atoms with Gasteiger partial charge in [-0.05, 0) is 43.7 Å². The molecule has 0 atom stereocenters. The van der Waals surface area contributed by atoms with Gasteiger partial charge in [0.2, 0.25) is 16.4 Å². The quantitative estimate of drug-likeness (QED) is 0.316. The molecule has 0 saturated carbocycles. The van der Waals surface area contributed by atoms with Gasteiger partial charge in [-0.25, -0.2) is 13.2 Å². The lowest BCUT2D eigenvalue weighted by Crippen LogP contribution is -2.40. The minimum Gasteiger partial charge on any atom is -0.490 e. The smallest absolute Gasteiger partial charge is 0.338 e. The van der Waals surface area contributed by atoms with Crippen LogP contribution in [0.5, 0.6) is 5.75 Å². The minimum atomic E-state index is -3.68. The summed E-state index contributed by atoms with van der Waals surface area (Å²) in [6, 6.07) is 12.1. The third kappa shape index (κ3) is 8.12. The first-order valence-electron chi connectivity index (χ1n) is 10.8. The van der Waals surface area contributed by atoms with E-state index in [1.54, 1.807) is 27.1 Å². The zero-order chi connectivity index (χ0) is 25.1. The van der Waals surface area contributed by atoms with Crippen molar-refractivity contribution in [2.45, 2.75) is 18.7 Å². The third-order valence-electron chi connectivity index (χ3n) is 4.85. The average Bonchev–Trinajstić information content (AvgIpc) is 2.84. The van der Waals surface area contributed by atoms with Crippen molar-refractivity contribution in [3.8, 4) is 5.75 Å². The molecule has 3 rings (SSSR count). The summed E-state index contributed by atoms with van der Waals surface area (Å²) in [5.74, 6) is 0.121. The predicted octanol–water partition coefficient (Wildman–Crippen LogP) is 2.26. The Morgan fingerprint density at radius 2 is 1.68 bits per heavy atom. The van der Waals surface area contributed by atoms with Crippen molar-refractivity contribution in [1.29, 1.82) is 0 Å². The number of sulfonamides is 1. The van der Waals surface area contributed by atoms with Gasteiger partial charge in [-0.2, -0.15) is 4.31 Å². The van der Waals surface area contributed by atoms with E-state index in [0.29, 0.717) is 37.6 Å². The topological polar surface area (TPSA) is 102 Å². The molecule has 0 aliphatic carbocycles. The van der Waals surface area contributed by atoms with Crippen LogP contribution in [0, 0.1) is 13.8 Å². The van der Waals surface area contributed by atoms with Crippen molar-refractivity contribution in [3.63, 3.8) is 0 Å². The fraction of sp³-hybridized carbons (Fsp3) is 0.417. The summed E-state index contributed by atoms with van der Waals surface area (Å²) in [6.07, 6.45) is 0.750. The van der Waals surface area contributed by atoms with Crippen molar-refractivity contribution in [1.82, 2.24) is 9.21 Å². The van der Waals surface area contributed by atoms with E-state index in [-0.39, 0.29) is 23.7 Å². The standard InChI is InChI=1S/C21H25NO6S.C3H7NO/c1-16-3-6-18(7-4-16)27-13-14-28-21(23)20-15-19(8-5-17(20)2)29(24,25)22-9-11-26-12-10-22;1-4(2)3-5/h3-8,15H,9-14H2,1-2H3;3H,1-2H3. The summed E-state index contributed by atoms with van der Waals surface area (Å²) in [5, 5.41) is 0. The number of morpholine rings is 1.